The summed E-state index contributed by atoms with van der Waals surface area (Å²) in [6, 6.07) is 3.82. The second kappa shape index (κ2) is 12.0. The van der Waals surface area contributed by atoms with Crippen LogP contribution in [0.4, 0.5) is 13.6 Å². The highest BCUT2D eigenvalue weighted by Crippen LogP contribution is 2.20. The molecule has 1 aromatic rings. The van der Waals surface area contributed by atoms with Crippen LogP contribution in [0, 0.1) is 11.6 Å². The number of likely N-dealkylation sites (tertiary alicyclic amines) is 1. The minimum Gasteiger partial charge on any atom is -0.453 e. The van der Waals surface area contributed by atoms with Crippen LogP contribution >= 0.6 is 24.0 Å². The van der Waals surface area contributed by atoms with Crippen LogP contribution in [0.2, 0.25) is 0 Å². The van der Waals surface area contributed by atoms with E-state index in [4.69, 9.17) is 4.74 Å². The van der Waals surface area contributed by atoms with Gasteiger partial charge < -0.3 is 20.3 Å². The number of rotatable bonds is 5. The molecule has 0 saturated carbocycles. The van der Waals surface area contributed by atoms with E-state index in [0.717, 1.165) is 18.9 Å². The molecule has 1 heterocycles. The zero-order valence-electron chi connectivity index (χ0n) is 16.5. The van der Waals surface area contributed by atoms with Crippen LogP contribution in [-0.2, 0) is 4.74 Å². The Kier molecular flexibility index (Phi) is 10.5. The standard InChI is InChI=1S/C19H28F2N4O2.HI/c1-4-22-18(24-15-7-9-25(10-8-15)19(26)27-3)23-12-13(2)16-6-5-14(20)11-17(16)21;/h5-6,11,13,15H,4,7-10,12H2,1-3H3,(H2,22,23,24);1H. The first-order chi connectivity index (χ1) is 12.9. The Morgan fingerprint density at radius 1 is 1.36 bits per heavy atom. The van der Waals surface area contributed by atoms with E-state index in [2.05, 4.69) is 15.6 Å². The maximum Gasteiger partial charge on any atom is 0.409 e. The molecular formula is C19H29F2IN4O2. The third-order valence-corrected chi connectivity index (χ3v) is 4.63. The topological polar surface area (TPSA) is 66.0 Å². The van der Waals surface area contributed by atoms with Gasteiger partial charge in [-0.15, -0.1) is 24.0 Å². The summed E-state index contributed by atoms with van der Waals surface area (Å²) < 4.78 is 31.7. The molecule has 1 aromatic carbocycles. The minimum absolute atomic E-state index is 0. The van der Waals surface area contributed by atoms with Gasteiger partial charge in [0.2, 0.25) is 0 Å². The smallest absolute Gasteiger partial charge is 0.409 e. The number of aliphatic imine (C=N–C) groups is 1. The van der Waals surface area contributed by atoms with E-state index in [9.17, 15) is 13.6 Å². The predicted molar refractivity (Wildman–Crippen MR) is 116 cm³/mol. The summed E-state index contributed by atoms with van der Waals surface area (Å²) in [5, 5.41) is 6.56. The molecule has 0 spiro atoms. The van der Waals surface area contributed by atoms with Gasteiger partial charge in [0.05, 0.1) is 7.11 Å². The Morgan fingerprint density at radius 2 is 2.04 bits per heavy atom. The van der Waals surface area contributed by atoms with Crippen LogP contribution in [0.3, 0.4) is 0 Å². The molecular weight excluding hydrogens is 481 g/mol. The number of carbonyl (C=O) groups excluding carboxylic acids is 1. The van der Waals surface area contributed by atoms with Crippen molar-refractivity contribution in [3.63, 3.8) is 0 Å². The molecule has 0 aromatic heterocycles. The van der Waals surface area contributed by atoms with Crippen molar-refractivity contribution in [2.75, 3.05) is 33.3 Å². The summed E-state index contributed by atoms with van der Waals surface area (Å²) in [6.07, 6.45) is 1.28. The highest BCUT2D eigenvalue weighted by Gasteiger charge is 2.23. The average Bonchev–Trinajstić information content (AvgIpc) is 2.66. The largest absolute Gasteiger partial charge is 0.453 e. The Labute approximate surface area is 182 Å². The van der Waals surface area contributed by atoms with Crippen molar-refractivity contribution < 1.29 is 18.3 Å². The van der Waals surface area contributed by atoms with E-state index in [0.29, 0.717) is 37.7 Å². The number of amides is 1. The summed E-state index contributed by atoms with van der Waals surface area (Å²) in [6.45, 7) is 6.16. The van der Waals surface area contributed by atoms with Gasteiger partial charge in [-0.1, -0.05) is 13.0 Å². The Hall–Kier alpha value is -1.65. The van der Waals surface area contributed by atoms with Crippen molar-refractivity contribution in [1.29, 1.82) is 0 Å². The van der Waals surface area contributed by atoms with Gasteiger partial charge in [-0.25, -0.2) is 13.6 Å². The van der Waals surface area contributed by atoms with Gasteiger partial charge in [0, 0.05) is 44.2 Å². The zero-order chi connectivity index (χ0) is 19.8. The van der Waals surface area contributed by atoms with Gasteiger partial charge >= 0.3 is 6.09 Å². The van der Waals surface area contributed by atoms with Crippen molar-refractivity contribution in [2.24, 2.45) is 4.99 Å². The maximum atomic E-state index is 13.9. The number of halogens is 3. The van der Waals surface area contributed by atoms with Gasteiger partial charge in [0.25, 0.3) is 0 Å². The van der Waals surface area contributed by atoms with Crippen LogP contribution in [-0.4, -0.2) is 56.3 Å². The number of guanidine groups is 1. The Morgan fingerprint density at radius 3 is 2.61 bits per heavy atom. The van der Waals surface area contributed by atoms with E-state index < -0.39 is 11.6 Å². The normalized spacial score (nSPS) is 16.2. The van der Waals surface area contributed by atoms with Crippen LogP contribution in [0.5, 0.6) is 0 Å². The molecule has 1 amide bonds. The van der Waals surface area contributed by atoms with Crippen molar-refractivity contribution in [2.45, 2.75) is 38.6 Å². The number of nitrogens with zero attached hydrogens (tertiary/aromatic N) is 2. The summed E-state index contributed by atoms with van der Waals surface area (Å²) in [4.78, 5) is 17.8. The monoisotopic (exact) mass is 510 g/mol. The molecule has 1 aliphatic heterocycles. The van der Waals surface area contributed by atoms with Crippen molar-refractivity contribution in [3.05, 3.63) is 35.4 Å². The lowest BCUT2D eigenvalue weighted by Gasteiger charge is -2.32. The molecule has 28 heavy (non-hydrogen) atoms. The first-order valence-corrected chi connectivity index (χ1v) is 9.27. The molecule has 0 radical (unpaired) electrons. The summed E-state index contributed by atoms with van der Waals surface area (Å²) in [5.74, 6) is -0.656. The number of carbonyl (C=O) groups is 1. The highest BCUT2D eigenvalue weighted by molar-refractivity contribution is 14.0. The van der Waals surface area contributed by atoms with E-state index >= 15 is 0 Å². The molecule has 1 fully saturated rings. The number of hydrogen-bond acceptors (Lipinski definition) is 3. The Bertz CT molecular complexity index is 667. The van der Waals surface area contributed by atoms with Crippen LogP contribution in [0.1, 0.15) is 38.2 Å². The third-order valence-electron chi connectivity index (χ3n) is 4.63. The number of piperidine rings is 1. The SMILES string of the molecule is CCNC(=NCC(C)c1ccc(F)cc1F)NC1CCN(C(=O)OC)CC1.I. The third kappa shape index (κ3) is 7.06. The number of nitrogens with one attached hydrogen (secondary N) is 2. The van der Waals surface area contributed by atoms with Crippen molar-refractivity contribution in [3.8, 4) is 0 Å². The van der Waals surface area contributed by atoms with Crippen molar-refractivity contribution in [1.82, 2.24) is 15.5 Å². The summed E-state index contributed by atoms with van der Waals surface area (Å²) >= 11 is 0. The number of benzene rings is 1. The lowest BCUT2D eigenvalue weighted by Crippen LogP contribution is -2.49. The van der Waals surface area contributed by atoms with Gasteiger partial charge in [0.1, 0.15) is 11.6 Å². The number of hydrogen-bond donors (Lipinski definition) is 2. The molecule has 6 nitrogen and oxygen atoms in total. The molecule has 2 rings (SSSR count). The molecule has 2 N–H and O–H groups in total. The fraction of sp³-hybridized carbons (Fsp3) is 0.579. The van der Waals surface area contributed by atoms with E-state index in [1.54, 1.807) is 4.90 Å². The quantitative estimate of drug-likeness (QED) is 0.362. The predicted octanol–water partition coefficient (Wildman–Crippen LogP) is 3.47. The van der Waals surface area contributed by atoms with Crippen LogP contribution in [0.15, 0.2) is 23.2 Å². The molecule has 0 aliphatic carbocycles. The molecule has 1 saturated heterocycles. The minimum atomic E-state index is -0.583. The van der Waals surface area contributed by atoms with Crippen LogP contribution < -0.4 is 10.6 Å². The lowest BCUT2D eigenvalue weighted by atomic mass is 10.0. The first kappa shape index (κ1) is 24.4. The van der Waals surface area contributed by atoms with E-state index in [1.165, 1.54) is 19.2 Å². The van der Waals surface area contributed by atoms with Crippen molar-refractivity contribution >= 4 is 36.0 Å². The maximum absolute atomic E-state index is 13.9. The van der Waals surface area contributed by atoms with Gasteiger partial charge in [-0.2, -0.15) is 0 Å². The van der Waals surface area contributed by atoms with E-state index in [1.807, 2.05) is 13.8 Å². The molecule has 1 aliphatic rings. The second-order valence-electron chi connectivity index (χ2n) is 6.66. The molecule has 158 valence electrons. The second-order valence-corrected chi connectivity index (χ2v) is 6.66. The average molecular weight is 510 g/mol. The molecule has 1 atom stereocenters. The fourth-order valence-corrected chi connectivity index (χ4v) is 3.08. The summed E-state index contributed by atoms with van der Waals surface area (Å²) in [5.41, 5.74) is 0.447. The number of ether oxygens (including phenoxy) is 1. The Balaban J connectivity index is 0.00000392. The molecule has 9 heteroatoms. The molecule has 1 unspecified atom stereocenters. The van der Waals surface area contributed by atoms with Gasteiger partial charge in [-0.3, -0.25) is 4.99 Å². The fourth-order valence-electron chi connectivity index (χ4n) is 3.08. The zero-order valence-corrected chi connectivity index (χ0v) is 18.8. The number of methoxy groups -OCH3 is 1. The first-order valence-electron chi connectivity index (χ1n) is 9.27. The lowest BCUT2D eigenvalue weighted by molar-refractivity contribution is 0.111. The molecule has 0 bridgehead atoms. The van der Waals surface area contributed by atoms with Crippen LogP contribution in [0.25, 0.3) is 0 Å². The highest BCUT2D eigenvalue weighted by atomic mass is 127. The van der Waals surface area contributed by atoms with E-state index in [-0.39, 0.29) is 42.0 Å². The van der Waals surface area contributed by atoms with Gasteiger partial charge in [-0.05, 0) is 31.4 Å². The van der Waals surface area contributed by atoms with Gasteiger partial charge in [0.15, 0.2) is 5.96 Å². The summed E-state index contributed by atoms with van der Waals surface area (Å²) in [7, 11) is 1.38.